The van der Waals surface area contributed by atoms with Gasteiger partial charge in [-0.15, -0.1) is 0 Å². The van der Waals surface area contributed by atoms with Crippen molar-refractivity contribution in [1.29, 1.82) is 0 Å². The van der Waals surface area contributed by atoms with Crippen LogP contribution in [-0.4, -0.2) is 73.4 Å². The second-order valence-electron chi connectivity index (χ2n) is 20.6. The van der Waals surface area contributed by atoms with Gasteiger partial charge in [0.15, 0.2) is 0 Å². The lowest BCUT2D eigenvalue weighted by Gasteiger charge is -2.25. The van der Waals surface area contributed by atoms with Gasteiger partial charge in [0, 0.05) is 6.42 Å². The number of quaternary nitrogens is 1. The first-order chi connectivity index (χ1) is 32.5. The van der Waals surface area contributed by atoms with E-state index >= 15 is 0 Å². The van der Waals surface area contributed by atoms with Crippen LogP contribution in [0.15, 0.2) is 48.6 Å². The van der Waals surface area contributed by atoms with E-state index in [1.807, 2.05) is 27.2 Å². The van der Waals surface area contributed by atoms with E-state index in [-0.39, 0.29) is 19.1 Å². The maximum Gasteiger partial charge on any atom is 0.472 e. The van der Waals surface area contributed by atoms with Crippen molar-refractivity contribution in [3.63, 3.8) is 0 Å². The minimum absolute atomic E-state index is 0.0536. The Hall–Kier alpha value is -1.54. The molecule has 67 heavy (non-hydrogen) atoms. The zero-order valence-corrected chi connectivity index (χ0v) is 45.8. The lowest BCUT2D eigenvalue weighted by atomic mass is 10.0. The van der Waals surface area contributed by atoms with Crippen LogP contribution >= 0.6 is 7.82 Å². The van der Waals surface area contributed by atoms with Crippen molar-refractivity contribution >= 4 is 13.7 Å². The van der Waals surface area contributed by atoms with Crippen molar-refractivity contribution < 1.29 is 32.9 Å². The predicted molar refractivity (Wildman–Crippen MR) is 291 cm³/mol. The number of aliphatic hydroxyl groups is 1. The number of likely N-dealkylation sites (N-methyl/N-ethyl adjacent to an activating group) is 1. The van der Waals surface area contributed by atoms with Crippen LogP contribution in [0.2, 0.25) is 0 Å². The van der Waals surface area contributed by atoms with Crippen molar-refractivity contribution in [2.45, 2.75) is 276 Å². The molecule has 0 saturated heterocycles. The third-order valence-electron chi connectivity index (χ3n) is 12.8. The molecule has 394 valence electrons. The van der Waals surface area contributed by atoms with E-state index in [0.29, 0.717) is 17.4 Å². The average molecular weight is 965 g/mol. The van der Waals surface area contributed by atoms with Gasteiger partial charge in [-0.25, -0.2) is 4.57 Å². The smallest absolute Gasteiger partial charge is 0.387 e. The molecule has 0 aliphatic heterocycles. The number of carbonyl (C=O) groups excluding carboxylic acids is 1. The summed E-state index contributed by atoms with van der Waals surface area (Å²) in [6.07, 6.45) is 65.5. The minimum Gasteiger partial charge on any atom is -0.387 e. The Kier molecular flexibility index (Phi) is 48.3. The Morgan fingerprint density at radius 3 is 1.27 bits per heavy atom. The van der Waals surface area contributed by atoms with Gasteiger partial charge in [-0.3, -0.25) is 13.8 Å². The number of aliphatic hydroxyl groups excluding tert-OH is 1. The fourth-order valence-corrected chi connectivity index (χ4v) is 9.05. The quantitative estimate of drug-likeness (QED) is 0.0243. The molecule has 0 bridgehead atoms. The number of rotatable bonds is 52. The van der Waals surface area contributed by atoms with Gasteiger partial charge < -0.3 is 19.8 Å². The van der Waals surface area contributed by atoms with Gasteiger partial charge in [-0.2, -0.15) is 0 Å². The van der Waals surface area contributed by atoms with E-state index in [1.54, 1.807) is 6.08 Å². The molecule has 0 radical (unpaired) electrons. The fourth-order valence-electron chi connectivity index (χ4n) is 8.31. The number of carbonyl (C=O) groups is 1. The summed E-state index contributed by atoms with van der Waals surface area (Å²) in [5.41, 5.74) is 0. The first kappa shape index (κ1) is 65.5. The van der Waals surface area contributed by atoms with Crippen LogP contribution in [0, 0.1) is 0 Å². The standard InChI is InChI=1S/C58H111N2O6P/c1-6-8-10-12-14-16-18-19-20-21-22-23-24-25-26-27-28-29-30-31-32-33-34-35-36-37-38-39-40-41-42-44-46-48-50-52-58(62)59-56(55-66-67(63,64)65-54-53-60(3,4)5)57(61)51-49-47-45-43-17-15-13-11-9-7-2/h9,11,17,21-22,43,49,51,56-57,61H,6-8,10,12-16,18-20,23-42,44-48,50,52-55H2,1-5H3,(H-,59,62,63,64)/p+1/b11-9+,22-21-,43-17+,51-49+. The normalized spacial score (nSPS) is 14.3. The Morgan fingerprint density at radius 2 is 0.866 bits per heavy atom. The van der Waals surface area contributed by atoms with Crippen LogP contribution < -0.4 is 5.32 Å². The third kappa shape index (κ3) is 52.1. The SMILES string of the molecule is CC/C=C/CC/C=C/CC/C=C/C(O)C(COP(=O)(O)OCC[N+](C)(C)C)NC(=O)CCCCCCCCCCCCCCCCCCCCCCCCC/C=C\CCCCCCCCCC. The fraction of sp³-hybridized carbons (Fsp3) is 0.845. The second kappa shape index (κ2) is 49.4. The molecule has 3 atom stereocenters. The first-order valence-electron chi connectivity index (χ1n) is 28.5. The van der Waals surface area contributed by atoms with Crippen molar-refractivity contribution in [2.75, 3.05) is 40.9 Å². The van der Waals surface area contributed by atoms with E-state index in [4.69, 9.17) is 9.05 Å². The summed E-state index contributed by atoms with van der Waals surface area (Å²) in [4.78, 5) is 23.2. The Labute approximate surface area is 416 Å². The maximum absolute atomic E-state index is 12.9. The molecule has 3 unspecified atom stereocenters. The molecule has 0 aliphatic rings. The van der Waals surface area contributed by atoms with Gasteiger partial charge >= 0.3 is 7.82 Å². The van der Waals surface area contributed by atoms with Crippen molar-refractivity contribution in [2.24, 2.45) is 0 Å². The summed E-state index contributed by atoms with van der Waals surface area (Å²) < 4.78 is 23.6. The molecule has 0 spiro atoms. The average Bonchev–Trinajstić information content (AvgIpc) is 3.29. The number of amides is 1. The highest BCUT2D eigenvalue weighted by atomic mass is 31.2. The Morgan fingerprint density at radius 1 is 0.507 bits per heavy atom. The number of hydrogen-bond donors (Lipinski definition) is 3. The van der Waals surface area contributed by atoms with Gasteiger partial charge in [-0.1, -0.05) is 242 Å². The molecule has 3 N–H and O–H groups in total. The minimum atomic E-state index is -4.35. The third-order valence-corrected chi connectivity index (χ3v) is 13.7. The monoisotopic (exact) mass is 964 g/mol. The summed E-state index contributed by atoms with van der Waals surface area (Å²) in [6.45, 7) is 4.67. The summed E-state index contributed by atoms with van der Waals surface area (Å²) in [7, 11) is 1.55. The second-order valence-corrected chi connectivity index (χ2v) is 22.1. The zero-order chi connectivity index (χ0) is 49.2. The summed E-state index contributed by atoms with van der Waals surface area (Å²) >= 11 is 0. The number of allylic oxidation sites excluding steroid dienone is 7. The molecule has 0 aromatic carbocycles. The van der Waals surface area contributed by atoms with Crippen LogP contribution in [-0.2, 0) is 18.4 Å². The predicted octanol–water partition coefficient (Wildman–Crippen LogP) is 17.2. The zero-order valence-electron chi connectivity index (χ0n) is 44.9. The van der Waals surface area contributed by atoms with Crippen molar-refractivity contribution in [3.05, 3.63) is 48.6 Å². The van der Waals surface area contributed by atoms with Crippen LogP contribution in [0.5, 0.6) is 0 Å². The van der Waals surface area contributed by atoms with Gasteiger partial charge in [0.05, 0.1) is 39.9 Å². The highest BCUT2D eigenvalue weighted by Gasteiger charge is 2.27. The van der Waals surface area contributed by atoms with Crippen molar-refractivity contribution in [3.8, 4) is 0 Å². The molecular weight excluding hydrogens is 852 g/mol. The number of unbranched alkanes of at least 4 members (excludes halogenated alkanes) is 33. The van der Waals surface area contributed by atoms with Crippen molar-refractivity contribution in [1.82, 2.24) is 5.32 Å². The summed E-state index contributed by atoms with van der Waals surface area (Å²) in [6, 6.07) is -0.867. The van der Waals surface area contributed by atoms with E-state index in [9.17, 15) is 19.4 Å². The highest BCUT2D eigenvalue weighted by molar-refractivity contribution is 7.47. The van der Waals surface area contributed by atoms with Gasteiger partial charge in [0.25, 0.3) is 0 Å². The lowest BCUT2D eigenvalue weighted by Crippen LogP contribution is -2.45. The molecule has 0 rings (SSSR count). The summed E-state index contributed by atoms with van der Waals surface area (Å²) in [5, 5.41) is 13.8. The largest absolute Gasteiger partial charge is 0.472 e. The molecule has 0 heterocycles. The maximum atomic E-state index is 12.9. The van der Waals surface area contributed by atoms with Gasteiger partial charge in [0.1, 0.15) is 13.2 Å². The van der Waals surface area contributed by atoms with E-state index in [0.717, 1.165) is 51.4 Å². The molecule has 8 nitrogen and oxygen atoms in total. The molecule has 0 aromatic heterocycles. The van der Waals surface area contributed by atoms with Crippen LogP contribution in [0.25, 0.3) is 0 Å². The van der Waals surface area contributed by atoms with Crippen LogP contribution in [0.3, 0.4) is 0 Å². The number of hydrogen-bond acceptors (Lipinski definition) is 5. The topological polar surface area (TPSA) is 105 Å². The molecule has 1 amide bonds. The van der Waals surface area contributed by atoms with Crippen LogP contribution in [0.1, 0.15) is 264 Å². The van der Waals surface area contributed by atoms with Crippen LogP contribution in [0.4, 0.5) is 0 Å². The molecule has 0 fully saturated rings. The highest BCUT2D eigenvalue weighted by Crippen LogP contribution is 2.43. The number of nitrogens with zero attached hydrogens (tertiary/aromatic N) is 1. The first-order valence-corrected chi connectivity index (χ1v) is 30.0. The van der Waals surface area contributed by atoms with Gasteiger partial charge in [0.2, 0.25) is 5.91 Å². The van der Waals surface area contributed by atoms with E-state index < -0.39 is 20.0 Å². The molecule has 0 saturated carbocycles. The van der Waals surface area contributed by atoms with Gasteiger partial charge in [-0.05, 0) is 64.2 Å². The van der Waals surface area contributed by atoms with E-state index in [2.05, 4.69) is 55.6 Å². The lowest BCUT2D eigenvalue weighted by molar-refractivity contribution is -0.870. The number of phosphoric ester groups is 1. The number of phosphoric acid groups is 1. The Balaban J connectivity index is 3.89. The molecule has 0 aliphatic carbocycles. The number of nitrogens with one attached hydrogen (secondary N) is 1. The molecular formula is C58H112N2O6P+. The Bertz CT molecular complexity index is 1230. The molecule has 9 heteroatoms. The molecule has 0 aromatic rings. The van der Waals surface area contributed by atoms with E-state index in [1.165, 1.54) is 193 Å². The summed E-state index contributed by atoms with van der Waals surface area (Å²) in [5.74, 6) is -0.190.